The zero-order chi connectivity index (χ0) is 24.8. The zero-order valence-electron chi connectivity index (χ0n) is 17.3. The number of carbonyl (C=O) groups is 6. The van der Waals surface area contributed by atoms with Gasteiger partial charge in [-0.15, -0.1) is 0 Å². The molecule has 4 atom stereocenters. The topological polar surface area (TPSA) is 245 Å². The number of nitrogens with one attached hydrogen (secondary N) is 3. The molecule has 14 nitrogen and oxygen atoms in total. The first kappa shape index (κ1) is 29.1. The highest BCUT2D eigenvalue weighted by atomic mass is 32.2. The van der Waals surface area contributed by atoms with E-state index in [1.807, 2.05) is 5.32 Å². The van der Waals surface area contributed by atoms with Crippen LogP contribution in [0.1, 0.15) is 25.7 Å². The molecule has 0 saturated heterocycles. The van der Waals surface area contributed by atoms with Gasteiger partial charge >= 0.3 is 17.9 Å². The van der Waals surface area contributed by atoms with Gasteiger partial charge in [-0.1, -0.05) is 0 Å². The van der Waals surface area contributed by atoms with E-state index in [0.29, 0.717) is 5.75 Å². The molecule has 0 aromatic rings. The van der Waals surface area contributed by atoms with Gasteiger partial charge in [0, 0.05) is 6.42 Å². The predicted molar refractivity (Wildman–Crippen MR) is 111 cm³/mol. The number of hydrogen-bond acceptors (Lipinski definition) is 9. The lowest BCUT2D eigenvalue weighted by Crippen LogP contribution is -2.58. The zero-order valence-corrected chi connectivity index (χ0v) is 18.1. The fourth-order valence-corrected chi connectivity index (χ4v) is 2.78. The molecule has 0 aliphatic rings. The van der Waals surface area contributed by atoms with Crippen molar-refractivity contribution in [2.45, 2.75) is 49.9 Å². The van der Waals surface area contributed by atoms with Crippen LogP contribution < -0.4 is 21.7 Å². The van der Waals surface area contributed by atoms with Crippen LogP contribution in [-0.4, -0.2) is 98.8 Å². The highest BCUT2D eigenvalue weighted by Gasteiger charge is 2.30. The van der Waals surface area contributed by atoms with Crippen molar-refractivity contribution in [2.75, 3.05) is 18.6 Å². The quantitative estimate of drug-likeness (QED) is 0.110. The summed E-state index contributed by atoms with van der Waals surface area (Å²) in [5, 5.41) is 42.4. The van der Waals surface area contributed by atoms with Gasteiger partial charge in [0.05, 0.1) is 19.1 Å². The van der Waals surface area contributed by atoms with E-state index < -0.39 is 72.8 Å². The predicted octanol–water partition coefficient (Wildman–Crippen LogP) is -3.06. The second-order valence-corrected chi connectivity index (χ2v) is 7.61. The van der Waals surface area contributed by atoms with Gasteiger partial charge in [-0.3, -0.25) is 24.0 Å². The number of aliphatic hydroxyl groups is 1. The normalized spacial score (nSPS) is 14.3. The molecular weight excluding hydrogens is 452 g/mol. The lowest BCUT2D eigenvalue weighted by molar-refractivity contribution is -0.147. The maximum absolute atomic E-state index is 12.5. The molecule has 0 rings (SSSR count). The number of aliphatic carboxylic acids is 3. The van der Waals surface area contributed by atoms with Crippen LogP contribution in [0.4, 0.5) is 0 Å². The smallest absolute Gasteiger partial charge is 0.326 e. The number of carboxylic acids is 3. The van der Waals surface area contributed by atoms with E-state index in [9.17, 15) is 33.9 Å². The summed E-state index contributed by atoms with van der Waals surface area (Å²) in [6, 6.07) is -5.78. The van der Waals surface area contributed by atoms with E-state index in [4.69, 9.17) is 21.1 Å². The van der Waals surface area contributed by atoms with E-state index in [-0.39, 0.29) is 19.3 Å². The molecule has 3 amide bonds. The van der Waals surface area contributed by atoms with Crippen LogP contribution in [0.2, 0.25) is 0 Å². The fourth-order valence-electron chi connectivity index (χ4n) is 2.31. The summed E-state index contributed by atoms with van der Waals surface area (Å²) in [5.74, 6) is -6.66. The van der Waals surface area contributed by atoms with Gasteiger partial charge in [0.25, 0.3) is 0 Å². The minimum atomic E-state index is -1.73. The highest BCUT2D eigenvalue weighted by molar-refractivity contribution is 7.98. The molecule has 0 spiro atoms. The number of amides is 3. The molecule has 182 valence electrons. The molecule has 32 heavy (non-hydrogen) atoms. The van der Waals surface area contributed by atoms with E-state index >= 15 is 0 Å². The van der Waals surface area contributed by atoms with Crippen molar-refractivity contribution >= 4 is 47.4 Å². The van der Waals surface area contributed by atoms with Gasteiger partial charge in [-0.05, 0) is 24.9 Å². The Kier molecular flexibility index (Phi) is 13.6. The molecular formula is C17H28N4O10S. The number of carboxylic acid groups (broad SMARTS) is 3. The van der Waals surface area contributed by atoms with Crippen molar-refractivity contribution in [3.63, 3.8) is 0 Å². The van der Waals surface area contributed by atoms with Crippen molar-refractivity contribution in [3.05, 3.63) is 0 Å². The number of aliphatic hydroxyl groups excluding tert-OH is 1. The molecule has 0 aliphatic heterocycles. The SMILES string of the molecule is CSCCC(NC(=O)C(CO)NC(=O)C(N)CCC(=O)O)C(=O)NC(CC(=O)O)C(=O)O. The molecule has 0 aliphatic carbocycles. The molecule has 0 saturated carbocycles. The summed E-state index contributed by atoms with van der Waals surface area (Å²) in [7, 11) is 0. The Morgan fingerprint density at radius 2 is 1.34 bits per heavy atom. The summed E-state index contributed by atoms with van der Waals surface area (Å²) in [6.07, 6.45) is 0.287. The van der Waals surface area contributed by atoms with Crippen LogP contribution in [0.3, 0.4) is 0 Å². The Morgan fingerprint density at radius 3 is 1.81 bits per heavy atom. The molecule has 0 aromatic carbocycles. The third-order valence-corrected chi connectivity index (χ3v) is 4.70. The minimum absolute atomic E-state index is 0.0440. The molecule has 0 bridgehead atoms. The number of rotatable bonds is 16. The molecule has 0 heterocycles. The highest BCUT2D eigenvalue weighted by Crippen LogP contribution is 2.04. The van der Waals surface area contributed by atoms with Gasteiger partial charge < -0.3 is 42.1 Å². The average molecular weight is 480 g/mol. The molecule has 15 heteroatoms. The maximum atomic E-state index is 12.5. The van der Waals surface area contributed by atoms with Crippen molar-refractivity contribution in [3.8, 4) is 0 Å². The number of nitrogens with two attached hydrogens (primary N) is 1. The third kappa shape index (κ3) is 11.5. The van der Waals surface area contributed by atoms with Crippen LogP contribution in [-0.2, 0) is 28.8 Å². The first-order chi connectivity index (χ1) is 14.9. The number of thioether (sulfide) groups is 1. The number of carbonyl (C=O) groups excluding carboxylic acids is 3. The summed E-state index contributed by atoms with van der Waals surface area (Å²) < 4.78 is 0. The van der Waals surface area contributed by atoms with Gasteiger partial charge in [0.2, 0.25) is 17.7 Å². The molecule has 0 aromatic heterocycles. The fraction of sp³-hybridized carbons (Fsp3) is 0.647. The monoisotopic (exact) mass is 480 g/mol. The first-order valence-electron chi connectivity index (χ1n) is 9.35. The molecule has 0 fully saturated rings. The van der Waals surface area contributed by atoms with Crippen LogP contribution in [0.5, 0.6) is 0 Å². The van der Waals surface area contributed by atoms with Crippen LogP contribution >= 0.6 is 11.8 Å². The summed E-state index contributed by atoms with van der Waals surface area (Å²) in [6.45, 7) is -0.864. The summed E-state index contributed by atoms with van der Waals surface area (Å²) >= 11 is 1.32. The Bertz CT molecular complexity index is 705. The average Bonchev–Trinajstić information content (AvgIpc) is 2.71. The van der Waals surface area contributed by atoms with Crippen molar-refractivity contribution < 1.29 is 49.2 Å². The first-order valence-corrected chi connectivity index (χ1v) is 10.7. The standard InChI is InChI=1S/C17H28N4O10S/c1-32-5-4-9(15(28)20-10(17(30)31)6-13(25)26)19-16(29)11(7-22)21-14(27)8(18)2-3-12(23)24/h8-11,22H,2-7,18H2,1H3,(H,19,29)(H,20,28)(H,21,27)(H,23,24)(H,25,26)(H,30,31). The van der Waals surface area contributed by atoms with E-state index in [0.717, 1.165) is 0 Å². The second-order valence-electron chi connectivity index (χ2n) is 6.62. The lowest BCUT2D eigenvalue weighted by atomic mass is 10.1. The van der Waals surface area contributed by atoms with E-state index in [2.05, 4.69) is 10.6 Å². The number of hydrogen-bond donors (Lipinski definition) is 8. The van der Waals surface area contributed by atoms with Crippen LogP contribution in [0.15, 0.2) is 0 Å². The van der Waals surface area contributed by atoms with Crippen LogP contribution in [0.25, 0.3) is 0 Å². The molecule has 4 unspecified atom stereocenters. The largest absolute Gasteiger partial charge is 0.481 e. The molecule has 9 N–H and O–H groups in total. The molecule has 0 radical (unpaired) electrons. The minimum Gasteiger partial charge on any atom is -0.481 e. The maximum Gasteiger partial charge on any atom is 0.326 e. The second kappa shape index (κ2) is 15.0. The van der Waals surface area contributed by atoms with Gasteiger partial charge in [0.15, 0.2) is 0 Å². The Morgan fingerprint density at radius 1 is 0.812 bits per heavy atom. The Balaban J connectivity index is 5.20. The van der Waals surface area contributed by atoms with Crippen molar-refractivity contribution in [2.24, 2.45) is 5.73 Å². The summed E-state index contributed by atoms with van der Waals surface area (Å²) in [4.78, 5) is 69.4. The van der Waals surface area contributed by atoms with Gasteiger partial charge in [0.1, 0.15) is 18.1 Å². The van der Waals surface area contributed by atoms with Crippen LogP contribution in [0, 0.1) is 0 Å². The Labute approximate surface area is 187 Å². The Hall–Kier alpha value is -2.91. The van der Waals surface area contributed by atoms with Gasteiger partial charge in [-0.2, -0.15) is 11.8 Å². The van der Waals surface area contributed by atoms with Crippen molar-refractivity contribution in [1.82, 2.24) is 16.0 Å². The third-order valence-electron chi connectivity index (χ3n) is 4.06. The van der Waals surface area contributed by atoms with Gasteiger partial charge in [-0.25, -0.2) is 4.79 Å². The van der Waals surface area contributed by atoms with E-state index in [1.165, 1.54) is 11.8 Å². The van der Waals surface area contributed by atoms with E-state index in [1.54, 1.807) is 6.26 Å². The summed E-state index contributed by atoms with van der Waals surface area (Å²) in [5.41, 5.74) is 5.55. The van der Waals surface area contributed by atoms with Crippen molar-refractivity contribution in [1.29, 1.82) is 0 Å². The lowest BCUT2D eigenvalue weighted by Gasteiger charge is -2.24.